The molecule has 96 valence electrons. The zero-order valence-electron chi connectivity index (χ0n) is 11.0. The molecule has 0 amide bonds. The van der Waals surface area contributed by atoms with Crippen molar-refractivity contribution in [1.29, 1.82) is 5.26 Å². The minimum atomic E-state index is 0.405. The van der Waals surface area contributed by atoms with E-state index in [1.807, 2.05) is 42.5 Å². The highest BCUT2D eigenvalue weighted by molar-refractivity contribution is 5.49. The molecule has 4 nitrogen and oxygen atoms in total. The molecule has 4 heteroatoms. The predicted octanol–water partition coefficient (Wildman–Crippen LogP) is 2.69. The fourth-order valence-electron chi connectivity index (χ4n) is 1.81. The predicted molar refractivity (Wildman–Crippen MR) is 73.6 cm³/mol. The van der Waals surface area contributed by atoms with Crippen LogP contribution in [0.2, 0.25) is 0 Å². The quantitative estimate of drug-likeness (QED) is 0.841. The summed E-state index contributed by atoms with van der Waals surface area (Å²) in [6.07, 6.45) is 3.90. The lowest BCUT2D eigenvalue weighted by Crippen LogP contribution is -2.01. The molecule has 1 aromatic carbocycles. The number of ether oxygens (including phenoxy) is 1. The molecule has 2 aromatic rings. The number of hydrogen-bond donors (Lipinski definition) is 0. The maximum Gasteiger partial charge on any atom is 0.230 e. The number of aryl methyl sites for hydroxylation is 2. The lowest BCUT2D eigenvalue weighted by Gasteiger charge is -2.03. The summed E-state index contributed by atoms with van der Waals surface area (Å²) in [5.41, 5.74) is 2.30. The molecule has 0 aliphatic rings. The van der Waals surface area contributed by atoms with Crippen molar-refractivity contribution >= 4 is 6.08 Å². The Morgan fingerprint density at radius 2 is 2.11 bits per heavy atom. The zero-order chi connectivity index (χ0) is 13.7. The molecule has 0 aliphatic carbocycles. The second-order valence-corrected chi connectivity index (χ2v) is 4.13. The topological polar surface area (TPSA) is 50.8 Å². The van der Waals surface area contributed by atoms with E-state index in [0.29, 0.717) is 23.7 Å². The molecule has 0 unspecified atom stereocenters. The van der Waals surface area contributed by atoms with Gasteiger partial charge in [-0.15, -0.1) is 0 Å². The third-order valence-corrected chi connectivity index (χ3v) is 2.71. The van der Waals surface area contributed by atoms with Gasteiger partial charge in [0.05, 0.1) is 5.69 Å². The minimum Gasteiger partial charge on any atom is -0.473 e. The van der Waals surface area contributed by atoms with Gasteiger partial charge in [-0.3, -0.25) is 0 Å². The van der Waals surface area contributed by atoms with Crippen LogP contribution in [0.5, 0.6) is 5.88 Å². The van der Waals surface area contributed by atoms with Gasteiger partial charge in [0.15, 0.2) is 0 Å². The van der Waals surface area contributed by atoms with Crippen molar-refractivity contribution in [3.05, 3.63) is 53.2 Å². The van der Waals surface area contributed by atoms with Gasteiger partial charge in [0.2, 0.25) is 5.88 Å². The number of rotatable bonds is 4. The fraction of sp³-hybridized carbons (Fsp3) is 0.200. The van der Waals surface area contributed by atoms with Gasteiger partial charge in [-0.1, -0.05) is 36.4 Å². The molecule has 0 radical (unpaired) electrons. The van der Waals surface area contributed by atoms with Gasteiger partial charge in [0.25, 0.3) is 0 Å². The first-order chi connectivity index (χ1) is 9.22. The normalized spacial score (nSPS) is 10.6. The summed E-state index contributed by atoms with van der Waals surface area (Å²) in [5.74, 6) is 0.512. The summed E-state index contributed by atoms with van der Waals surface area (Å²) < 4.78 is 7.18. The number of hydrogen-bond acceptors (Lipinski definition) is 3. The molecule has 0 bridgehead atoms. The highest BCUT2D eigenvalue weighted by atomic mass is 16.5. The highest BCUT2D eigenvalue weighted by Crippen LogP contribution is 2.19. The second-order valence-electron chi connectivity index (χ2n) is 4.13. The molecular formula is C15H15N3O. The smallest absolute Gasteiger partial charge is 0.230 e. The molecule has 19 heavy (non-hydrogen) atoms. The van der Waals surface area contributed by atoms with Crippen LogP contribution >= 0.6 is 0 Å². The maximum absolute atomic E-state index is 9.05. The number of aromatic nitrogens is 2. The fourth-order valence-corrected chi connectivity index (χ4v) is 1.81. The first kappa shape index (κ1) is 12.9. The number of nitrogens with zero attached hydrogens (tertiary/aromatic N) is 3. The SMILES string of the molecule is Cc1nn(C)c(OCC=Cc2ccccc2)c1C#N. The Labute approximate surface area is 112 Å². The summed E-state index contributed by atoms with van der Waals surface area (Å²) >= 11 is 0. The van der Waals surface area contributed by atoms with Crippen LogP contribution < -0.4 is 4.74 Å². The molecule has 0 N–H and O–H groups in total. The lowest BCUT2D eigenvalue weighted by atomic mass is 10.2. The van der Waals surface area contributed by atoms with Crippen molar-refractivity contribution < 1.29 is 4.74 Å². The van der Waals surface area contributed by atoms with E-state index in [-0.39, 0.29) is 0 Å². The second kappa shape index (κ2) is 5.87. The van der Waals surface area contributed by atoms with Crippen molar-refractivity contribution in [2.24, 2.45) is 7.05 Å². The largest absolute Gasteiger partial charge is 0.473 e. The average Bonchev–Trinajstić information content (AvgIpc) is 2.70. The first-order valence-electron chi connectivity index (χ1n) is 6.00. The Bertz CT molecular complexity index is 621. The van der Waals surface area contributed by atoms with Gasteiger partial charge in [0, 0.05) is 7.05 Å². The zero-order valence-corrected chi connectivity index (χ0v) is 11.0. The van der Waals surface area contributed by atoms with E-state index in [1.165, 1.54) is 0 Å². The van der Waals surface area contributed by atoms with Gasteiger partial charge in [0.1, 0.15) is 18.2 Å². The van der Waals surface area contributed by atoms with E-state index in [2.05, 4.69) is 11.2 Å². The summed E-state index contributed by atoms with van der Waals surface area (Å²) in [4.78, 5) is 0. The van der Waals surface area contributed by atoms with E-state index in [1.54, 1.807) is 18.7 Å². The highest BCUT2D eigenvalue weighted by Gasteiger charge is 2.13. The van der Waals surface area contributed by atoms with Crippen LogP contribution in [0.1, 0.15) is 16.8 Å². The molecule has 0 saturated carbocycles. The maximum atomic E-state index is 9.05. The van der Waals surface area contributed by atoms with Crippen molar-refractivity contribution in [3.63, 3.8) is 0 Å². The third kappa shape index (κ3) is 3.02. The van der Waals surface area contributed by atoms with Crippen molar-refractivity contribution in [3.8, 4) is 11.9 Å². The van der Waals surface area contributed by atoms with Crippen LogP contribution in [-0.4, -0.2) is 16.4 Å². The van der Waals surface area contributed by atoms with Crippen molar-refractivity contribution in [2.45, 2.75) is 6.92 Å². The molecule has 0 atom stereocenters. The minimum absolute atomic E-state index is 0.405. The molecule has 1 heterocycles. The van der Waals surface area contributed by atoms with Crippen molar-refractivity contribution in [2.75, 3.05) is 6.61 Å². The monoisotopic (exact) mass is 253 g/mol. The van der Waals surface area contributed by atoms with Crippen LogP contribution in [-0.2, 0) is 7.05 Å². The summed E-state index contributed by atoms with van der Waals surface area (Å²) in [7, 11) is 1.77. The van der Waals surface area contributed by atoms with Gasteiger partial charge >= 0.3 is 0 Å². The van der Waals surface area contributed by atoms with Gasteiger partial charge in [-0.25, -0.2) is 4.68 Å². The van der Waals surface area contributed by atoms with E-state index in [9.17, 15) is 0 Å². The lowest BCUT2D eigenvalue weighted by molar-refractivity contribution is 0.328. The Morgan fingerprint density at radius 1 is 1.37 bits per heavy atom. The summed E-state index contributed by atoms with van der Waals surface area (Å²) in [6.45, 7) is 2.20. The summed E-state index contributed by atoms with van der Waals surface area (Å²) in [5, 5.41) is 13.2. The molecule has 0 spiro atoms. The van der Waals surface area contributed by atoms with E-state index in [0.717, 1.165) is 5.56 Å². The summed E-state index contributed by atoms with van der Waals surface area (Å²) in [6, 6.07) is 12.1. The van der Waals surface area contributed by atoms with E-state index in [4.69, 9.17) is 10.00 Å². The van der Waals surface area contributed by atoms with E-state index < -0.39 is 0 Å². The van der Waals surface area contributed by atoms with Crippen LogP contribution in [0.25, 0.3) is 6.08 Å². The third-order valence-electron chi connectivity index (χ3n) is 2.71. The first-order valence-corrected chi connectivity index (χ1v) is 6.00. The molecule has 0 saturated heterocycles. The Hall–Kier alpha value is -2.54. The molecular weight excluding hydrogens is 238 g/mol. The molecule has 1 aromatic heterocycles. The van der Waals surface area contributed by atoms with E-state index >= 15 is 0 Å². The van der Waals surface area contributed by atoms with Gasteiger partial charge < -0.3 is 4.74 Å². The van der Waals surface area contributed by atoms with Gasteiger partial charge in [-0.05, 0) is 18.6 Å². The standard InChI is InChI=1S/C15H15N3O/c1-12-14(11-16)15(18(2)17-12)19-10-6-9-13-7-4-3-5-8-13/h3-9H,10H2,1-2H3. The van der Waals surface area contributed by atoms with Crippen LogP contribution in [0, 0.1) is 18.3 Å². The number of benzene rings is 1. The Balaban J connectivity index is 2.01. The van der Waals surface area contributed by atoms with Crippen LogP contribution in [0.4, 0.5) is 0 Å². The Kier molecular flexibility index (Phi) is 3.99. The molecule has 2 rings (SSSR count). The van der Waals surface area contributed by atoms with Crippen LogP contribution in [0.15, 0.2) is 36.4 Å². The van der Waals surface area contributed by atoms with Gasteiger partial charge in [-0.2, -0.15) is 10.4 Å². The number of nitriles is 1. The van der Waals surface area contributed by atoms with Crippen molar-refractivity contribution in [1.82, 2.24) is 9.78 Å². The molecule has 0 fully saturated rings. The Morgan fingerprint density at radius 3 is 2.79 bits per heavy atom. The van der Waals surface area contributed by atoms with Crippen LogP contribution in [0.3, 0.4) is 0 Å². The average molecular weight is 253 g/mol. The molecule has 0 aliphatic heterocycles.